The van der Waals surface area contributed by atoms with Crippen LogP contribution in [0.25, 0.3) is 0 Å². The van der Waals surface area contributed by atoms with Crippen molar-refractivity contribution in [1.82, 2.24) is 0 Å². The van der Waals surface area contributed by atoms with Gasteiger partial charge in [-0.3, -0.25) is 0 Å². The molecule has 1 fully saturated rings. The van der Waals surface area contributed by atoms with Crippen molar-refractivity contribution in [2.45, 2.75) is 12.8 Å². The van der Waals surface area contributed by atoms with Gasteiger partial charge in [0, 0.05) is 23.6 Å². The van der Waals surface area contributed by atoms with Crippen LogP contribution in [0, 0.1) is 0 Å². The van der Waals surface area contributed by atoms with E-state index in [-0.39, 0.29) is 5.75 Å². The highest BCUT2D eigenvalue weighted by Gasteiger charge is 2.18. The third-order valence-electron chi connectivity index (χ3n) is 2.42. The van der Waals surface area contributed by atoms with Crippen molar-refractivity contribution in [3.63, 3.8) is 0 Å². The fourth-order valence-electron chi connectivity index (χ4n) is 1.79. The van der Waals surface area contributed by atoms with Crippen LogP contribution < -0.4 is 4.90 Å². The van der Waals surface area contributed by atoms with Gasteiger partial charge in [0.15, 0.2) is 0 Å². The third kappa shape index (κ3) is 1.84. The molecule has 0 aliphatic carbocycles. The molecule has 0 unspecified atom stereocenters. The monoisotopic (exact) mass is 275 g/mol. The Kier molecular flexibility index (Phi) is 2.88. The standard InChI is InChI=1S/C10H11BrClNO/c11-8-5-7(14)6-9(12)10(8)13-3-1-2-4-13/h5-6,14H,1-4H2. The second kappa shape index (κ2) is 3.99. The Labute approximate surface area is 96.6 Å². The highest BCUT2D eigenvalue weighted by molar-refractivity contribution is 9.10. The highest BCUT2D eigenvalue weighted by atomic mass is 79.9. The molecule has 1 aliphatic heterocycles. The molecule has 0 radical (unpaired) electrons. The van der Waals surface area contributed by atoms with Gasteiger partial charge < -0.3 is 10.0 Å². The summed E-state index contributed by atoms with van der Waals surface area (Å²) in [5.74, 6) is 0.199. The summed E-state index contributed by atoms with van der Waals surface area (Å²) < 4.78 is 0.865. The molecule has 4 heteroatoms. The van der Waals surface area contributed by atoms with Crippen molar-refractivity contribution in [3.05, 3.63) is 21.6 Å². The predicted molar refractivity (Wildman–Crippen MR) is 62.3 cm³/mol. The SMILES string of the molecule is Oc1cc(Cl)c(N2CCCC2)c(Br)c1. The van der Waals surface area contributed by atoms with E-state index in [1.54, 1.807) is 12.1 Å². The topological polar surface area (TPSA) is 23.5 Å². The second-order valence-corrected chi connectivity index (χ2v) is 4.71. The number of phenolic OH excluding ortho intramolecular Hbond substituents is 1. The van der Waals surface area contributed by atoms with E-state index in [0.717, 1.165) is 23.2 Å². The number of phenols is 1. The Morgan fingerprint density at radius 2 is 1.93 bits per heavy atom. The van der Waals surface area contributed by atoms with E-state index in [4.69, 9.17) is 11.6 Å². The normalized spacial score (nSPS) is 16.3. The summed E-state index contributed by atoms with van der Waals surface area (Å²) in [5, 5.41) is 9.94. The van der Waals surface area contributed by atoms with Crippen LogP contribution in [-0.2, 0) is 0 Å². The lowest BCUT2D eigenvalue weighted by Gasteiger charge is -2.20. The van der Waals surface area contributed by atoms with Crippen LogP contribution in [0.1, 0.15) is 12.8 Å². The first kappa shape index (κ1) is 10.1. The van der Waals surface area contributed by atoms with Gasteiger partial charge in [-0.05, 0) is 34.8 Å². The van der Waals surface area contributed by atoms with Crippen LogP contribution in [0.5, 0.6) is 5.75 Å². The molecule has 0 amide bonds. The summed E-state index contributed by atoms with van der Waals surface area (Å²) in [6.07, 6.45) is 2.42. The minimum atomic E-state index is 0.199. The van der Waals surface area contributed by atoms with Crippen LogP contribution >= 0.6 is 27.5 Å². The van der Waals surface area contributed by atoms with E-state index in [1.807, 2.05) is 0 Å². The zero-order valence-corrected chi connectivity index (χ0v) is 9.98. The average Bonchev–Trinajstić information content (AvgIpc) is 2.54. The Morgan fingerprint density at radius 1 is 1.29 bits per heavy atom. The quantitative estimate of drug-likeness (QED) is 0.850. The molecule has 2 nitrogen and oxygen atoms in total. The first-order valence-corrected chi connectivity index (χ1v) is 5.78. The van der Waals surface area contributed by atoms with Gasteiger partial charge in [0.05, 0.1) is 10.7 Å². The van der Waals surface area contributed by atoms with Crippen molar-refractivity contribution in [2.75, 3.05) is 18.0 Å². The fraction of sp³-hybridized carbons (Fsp3) is 0.400. The Bertz CT molecular complexity index is 327. The number of hydrogen-bond acceptors (Lipinski definition) is 2. The number of benzene rings is 1. The minimum Gasteiger partial charge on any atom is -0.508 e. The lowest BCUT2D eigenvalue weighted by Crippen LogP contribution is -2.18. The van der Waals surface area contributed by atoms with E-state index >= 15 is 0 Å². The molecule has 1 heterocycles. The Hall–Kier alpha value is -0.410. The molecular weight excluding hydrogens is 265 g/mol. The number of aromatic hydroxyl groups is 1. The van der Waals surface area contributed by atoms with Crippen molar-refractivity contribution in [1.29, 1.82) is 0 Å². The summed E-state index contributed by atoms with van der Waals surface area (Å²) in [7, 11) is 0. The molecule has 2 rings (SSSR count). The maximum Gasteiger partial charge on any atom is 0.118 e. The van der Waals surface area contributed by atoms with Crippen molar-refractivity contribution in [2.24, 2.45) is 0 Å². The molecule has 1 N–H and O–H groups in total. The summed E-state index contributed by atoms with van der Waals surface area (Å²) in [6, 6.07) is 3.26. The van der Waals surface area contributed by atoms with Gasteiger partial charge in [-0.1, -0.05) is 11.6 Å². The van der Waals surface area contributed by atoms with Gasteiger partial charge in [0.1, 0.15) is 5.75 Å². The molecule has 1 aromatic carbocycles. The number of rotatable bonds is 1. The Balaban J connectivity index is 2.40. The van der Waals surface area contributed by atoms with Crippen LogP contribution in [0.4, 0.5) is 5.69 Å². The number of halogens is 2. The lowest BCUT2D eigenvalue weighted by atomic mass is 10.3. The van der Waals surface area contributed by atoms with Crippen LogP contribution in [0.3, 0.4) is 0 Å². The van der Waals surface area contributed by atoms with E-state index in [1.165, 1.54) is 12.8 Å². The highest BCUT2D eigenvalue weighted by Crippen LogP contribution is 2.38. The van der Waals surface area contributed by atoms with Crippen LogP contribution in [0.2, 0.25) is 5.02 Å². The number of hydrogen-bond donors (Lipinski definition) is 1. The van der Waals surface area contributed by atoms with Gasteiger partial charge in [-0.15, -0.1) is 0 Å². The molecule has 76 valence electrons. The van der Waals surface area contributed by atoms with Gasteiger partial charge in [0.2, 0.25) is 0 Å². The molecular formula is C10H11BrClNO. The predicted octanol–water partition coefficient (Wildman–Crippen LogP) is 3.41. The third-order valence-corrected chi connectivity index (χ3v) is 3.32. The second-order valence-electron chi connectivity index (χ2n) is 3.45. The maximum atomic E-state index is 9.33. The number of nitrogens with zero attached hydrogens (tertiary/aromatic N) is 1. The van der Waals surface area contributed by atoms with E-state index in [0.29, 0.717) is 5.02 Å². The van der Waals surface area contributed by atoms with Gasteiger partial charge >= 0.3 is 0 Å². The van der Waals surface area contributed by atoms with Crippen molar-refractivity contribution < 1.29 is 5.11 Å². The fourth-order valence-corrected chi connectivity index (χ4v) is 2.94. The minimum absolute atomic E-state index is 0.199. The maximum absolute atomic E-state index is 9.33. The van der Waals surface area contributed by atoms with Gasteiger partial charge in [-0.25, -0.2) is 0 Å². The van der Waals surface area contributed by atoms with E-state index < -0.39 is 0 Å². The number of anilines is 1. The van der Waals surface area contributed by atoms with Crippen molar-refractivity contribution in [3.8, 4) is 5.75 Å². The van der Waals surface area contributed by atoms with Gasteiger partial charge in [0.25, 0.3) is 0 Å². The van der Waals surface area contributed by atoms with Crippen LogP contribution in [-0.4, -0.2) is 18.2 Å². The summed E-state index contributed by atoms with van der Waals surface area (Å²) in [4.78, 5) is 2.24. The average molecular weight is 277 g/mol. The first-order chi connectivity index (χ1) is 6.68. The van der Waals surface area contributed by atoms with E-state index in [9.17, 15) is 5.11 Å². The molecule has 0 bridgehead atoms. The van der Waals surface area contributed by atoms with E-state index in [2.05, 4.69) is 20.8 Å². The molecule has 1 saturated heterocycles. The Morgan fingerprint density at radius 3 is 2.50 bits per heavy atom. The smallest absolute Gasteiger partial charge is 0.118 e. The molecule has 1 aliphatic rings. The van der Waals surface area contributed by atoms with Crippen LogP contribution in [0.15, 0.2) is 16.6 Å². The zero-order chi connectivity index (χ0) is 10.1. The lowest BCUT2D eigenvalue weighted by molar-refractivity contribution is 0.475. The summed E-state index contributed by atoms with van der Waals surface area (Å²) in [6.45, 7) is 2.09. The molecule has 0 aromatic heterocycles. The molecule has 0 spiro atoms. The first-order valence-electron chi connectivity index (χ1n) is 4.61. The molecule has 1 aromatic rings. The largest absolute Gasteiger partial charge is 0.508 e. The molecule has 0 saturated carbocycles. The summed E-state index contributed by atoms with van der Waals surface area (Å²) >= 11 is 9.51. The summed E-state index contributed by atoms with van der Waals surface area (Å²) in [5.41, 5.74) is 1.00. The van der Waals surface area contributed by atoms with Gasteiger partial charge in [-0.2, -0.15) is 0 Å². The molecule has 14 heavy (non-hydrogen) atoms. The zero-order valence-electron chi connectivity index (χ0n) is 7.63. The molecule has 0 atom stereocenters. The van der Waals surface area contributed by atoms with Crippen molar-refractivity contribution >= 4 is 33.2 Å².